The van der Waals surface area contributed by atoms with Gasteiger partial charge in [-0.2, -0.15) is 8.42 Å². The molecule has 0 aromatic carbocycles. The van der Waals surface area contributed by atoms with E-state index in [1.807, 2.05) is 0 Å². The van der Waals surface area contributed by atoms with Crippen LogP contribution >= 0.6 is 0 Å². The van der Waals surface area contributed by atoms with Gasteiger partial charge in [-0.15, -0.1) is 0 Å². The molecule has 0 amide bonds. The highest BCUT2D eigenvalue weighted by Crippen LogP contribution is 2.25. The van der Waals surface area contributed by atoms with Gasteiger partial charge in [0.2, 0.25) is 0 Å². The molecule has 0 radical (unpaired) electrons. The Balaban J connectivity index is 5.10. The first-order valence-electron chi connectivity index (χ1n) is 3.73. The molecule has 1 atom stereocenters. The SMILES string of the molecule is CC(C)CC(C)([N+](=O)[O-])S(=O)(=O)O. The predicted molar refractivity (Wildman–Crippen MR) is 46.4 cm³/mol. The monoisotopic (exact) mass is 211 g/mol. The van der Waals surface area contributed by atoms with Crippen molar-refractivity contribution in [2.75, 3.05) is 0 Å². The molecule has 0 spiro atoms. The van der Waals surface area contributed by atoms with Gasteiger partial charge in [0, 0.05) is 18.3 Å². The van der Waals surface area contributed by atoms with E-state index < -0.39 is 19.9 Å². The van der Waals surface area contributed by atoms with Crippen molar-refractivity contribution >= 4 is 10.1 Å². The van der Waals surface area contributed by atoms with E-state index in [4.69, 9.17) is 4.55 Å². The smallest absolute Gasteiger partial charge is 0.280 e. The van der Waals surface area contributed by atoms with Gasteiger partial charge in [0.25, 0.3) is 0 Å². The highest BCUT2D eigenvalue weighted by Gasteiger charge is 2.50. The molecule has 0 saturated heterocycles. The summed E-state index contributed by atoms with van der Waals surface area (Å²) >= 11 is 0. The first-order valence-corrected chi connectivity index (χ1v) is 5.17. The first-order chi connectivity index (χ1) is 5.61. The average Bonchev–Trinajstić information content (AvgIpc) is 1.82. The Hall–Kier alpha value is -0.690. The van der Waals surface area contributed by atoms with Crippen LogP contribution < -0.4 is 0 Å². The lowest BCUT2D eigenvalue weighted by Gasteiger charge is -2.18. The van der Waals surface area contributed by atoms with E-state index in [-0.39, 0.29) is 12.3 Å². The van der Waals surface area contributed by atoms with Crippen LogP contribution in [0.15, 0.2) is 0 Å². The van der Waals surface area contributed by atoms with E-state index in [1.165, 1.54) is 0 Å². The van der Waals surface area contributed by atoms with E-state index in [0.717, 1.165) is 6.92 Å². The third-order valence-corrected chi connectivity index (χ3v) is 3.16. The maximum Gasteiger partial charge on any atom is 0.340 e. The van der Waals surface area contributed by atoms with Crippen LogP contribution in [-0.4, -0.2) is 22.8 Å². The van der Waals surface area contributed by atoms with Crippen LogP contribution in [0.2, 0.25) is 0 Å². The molecular weight excluding hydrogens is 198 g/mol. The molecule has 0 rings (SSSR count). The molecule has 78 valence electrons. The molecule has 7 heteroatoms. The second-order valence-corrected chi connectivity index (χ2v) is 5.33. The molecule has 1 unspecified atom stereocenters. The summed E-state index contributed by atoms with van der Waals surface area (Å²) in [6.07, 6.45) is -0.209. The van der Waals surface area contributed by atoms with E-state index >= 15 is 0 Å². The number of nitro groups is 1. The molecular formula is C6H13NO5S. The van der Waals surface area contributed by atoms with Crippen molar-refractivity contribution in [1.82, 2.24) is 0 Å². The Kier molecular flexibility index (Phi) is 3.40. The fourth-order valence-electron chi connectivity index (χ4n) is 1.03. The predicted octanol–water partition coefficient (Wildman–Crippen LogP) is 0.913. The number of nitrogens with zero attached hydrogens (tertiary/aromatic N) is 1. The van der Waals surface area contributed by atoms with Crippen molar-refractivity contribution in [3.8, 4) is 0 Å². The van der Waals surface area contributed by atoms with Crippen molar-refractivity contribution in [3.63, 3.8) is 0 Å². The highest BCUT2D eigenvalue weighted by atomic mass is 32.2. The Bertz CT molecular complexity index is 296. The Morgan fingerprint density at radius 2 is 1.92 bits per heavy atom. The third-order valence-electron chi connectivity index (χ3n) is 1.73. The molecule has 13 heavy (non-hydrogen) atoms. The van der Waals surface area contributed by atoms with Crippen LogP contribution in [0.25, 0.3) is 0 Å². The minimum atomic E-state index is -4.66. The summed E-state index contributed by atoms with van der Waals surface area (Å²) < 4.78 is 30.2. The summed E-state index contributed by atoms with van der Waals surface area (Å²) in [6, 6.07) is 0. The number of rotatable bonds is 4. The van der Waals surface area contributed by atoms with Crippen LogP contribution in [0.1, 0.15) is 27.2 Å². The molecule has 6 nitrogen and oxygen atoms in total. The molecule has 0 bridgehead atoms. The summed E-state index contributed by atoms with van der Waals surface area (Å²) in [7, 11) is -4.66. The lowest BCUT2D eigenvalue weighted by atomic mass is 10.1. The fourth-order valence-corrected chi connectivity index (χ4v) is 1.76. The van der Waals surface area contributed by atoms with E-state index in [9.17, 15) is 18.5 Å². The van der Waals surface area contributed by atoms with Crippen molar-refractivity contribution in [2.45, 2.75) is 32.1 Å². The normalized spacial score (nSPS) is 17.0. The number of hydrogen-bond donors (Lipinski definition) is 1. The third kappa shape index (κ3) is 2.63. The molecule has 1 N–H and O–H groups in total. The molecule has 0 aliphatic rings. The molecule has 0 aromatic heterocycles. The van der Waals surface area contributed by atoms with Gasteiger partial charge in [0.15, 0.2) is 0 Å². The van der Waals surface area contributed by atoms with Gasteiger partial charge < -0.3 is 0 Å². The lowest BCUT2D eigenvalue weighted by Crippen LogP contribution is -2.44. The second-order valence-electron chi connectivity index (χ2n) is 3.51. The van der Waals surface area contributed by atoms with Crippen LogP contribution in [0.5, 0.6) is 0 Å². The Morgan fingerprint density at radius 3 is 2.00 bits per heavy atom. The molecule has 0 aliphatic carbocycles. The molecule has 0 heterocycles. The summed E-state index contributed by atoms with van der Waals surface area (Å²) in [5.41, 5.74) is 0. The average molecular weight is 211 g/mol. The minimum absolute atomic E-state index is 0.183. The van der Waals surface area contributed by atoms with Crippen LogP contribution in [-0.2, 0) is 10.1 Å². The van der Waals surface area contributed by atoms with Crippen molar-refractivity contribution in [3.05, 3.63) is 10.1 Å². The topological polar surface area (TPSA) is 97.5 Å². The summed E-state index contributed by atoms with van der Waals surface area (Å²) in [5, 5.41) is 10.5. The molecule has 0 aliphatic heterocycles. The van der Waals surface area contributed by atoms with Gasteiger partial charge in [0.1, 0.15) is 0 Å². The second kappa shape index (κ2) is 3.59. The molecule has 0 fully saturated rings. The quantitative estimate of drug-likeness (QED) is 0.423. The molecule has 0 saturated carbocycles. The van der Waals surface area contributed by atoms with E-state index in [2.05, 4.69) is 0 Å². The van der Waals surface area contributed by atoms with Crippen molar-refractivity contribution in [1.29, 1.82) is 0 Å². The largest absolute Gasteiger partial charge is 0.340 e. The Morgan fingerprint density at radius 1 is 1.54 bits per heavy atom. The highest BCUT2D eigenvalue weighted by molar-refractivity contribution is 7.87. The zero-order chi connectivity index (χ0) is 10.9. The van der Waals surface area contributed by atoms with Gasteiger partial charge >= 0.3 is 15.0 Å². The zero-order valence-electron chi connectivity index (χ0n) is 7.72. The summed E-state index contributed by atoms with van der Waals surface area (Å²) in [4.78, 5) is 7.21. The van der Waals surface area contributed by atoms with Crippen LogP contribution in [0, 0.1) is 16.0 Å². The lowest BCUT2D eigenvalue weighted by molar-refractivity contribution is -0.539. The Labute approximate surface area is 76.8 Å². The summed E-state index contributed by atoms with van der Waals surface area (Å²) in [6.45, 7) is 4.20. The van der Waals surface area contributed by atoms with Gasteiger partial charge in [0.05, 0.1) is 0 Å². The van der Waals surface area contributed by atoms with Gasteiger partial charge in [-0.1, -0.05) is 13.8 Å². The first kappa shape index (κ1) is 12.3. The fraction of sp³-hybridized carbons (Fsp3) is 1.00. The number of hydrogen-bond acceptors (Lipinski definition) is 4. The van der Waals surface area contributed by atoms with E-state index in [0.29, 0.717) is 0 Å². The minimum Gasteiger partial charge on any atom is -0.280 e. The van der Waals surface area contributed by atoms with Crippen molar-refractivity contribution < 1.29 is 17.9 Å². The van der Waals surface area contributed by atoms with Gasteiger partial charge in [-0.3, -0.25) is 14.7 Å². The van der Waals surface area contributed by atoms with E-state index in [1.54, 1.807) is 13.8 Å². The maximum absolute atomic E-state index is 10.7. The van der Waals surface area contributed by atoms with Gasteiger partial charge in [-0.05, 0) is 5.92 Å². The van der Waals surface area contributed by atoms with Gasteiger partial charge in [-0.25, -0.2) is 0 Å². The summed E-state index contributed by atoms with van der Waals surface area (Å²) in [5.74, 6) is -0.183. The van der Waals surface area contributed by atoms with Crippen LogP contribution in [0.4, 0.5) is 0 Å². The zero-order valence-corrected chi connectivity index (χ0v) is 8.54. The van der Waals surface area contributed by atoms with Crippen molar-refractivity contribution in [2.24, 2.45) is 5.92 Å². The molecule has 0 aromatic rings. The maximum atomic E-state index is 10.7. The van der Waals surface area contributed by atoms with Crippen LogP contribution in [0.3, 0.4) is 0 Å². The standard InChI is InChI=1S/C6H13NO5S/c1-5(2)4-6(3,7(8)9)13(10,11)12/h5H,4H2,1-3H3,(H,10,11,12).